The molecule has 0 bridgehead atoms. The van der Waals surface area contributed by atoms with Crippen molar-refractivity contribution in [2.45, 2.75) is 25.7 Å². The van der Waals surface area contributed by atoms with Crippen LogP contribution < -0.4 is 14.8 Å². The number of amides is 1. The van der Waals surface area contributed by atoms with E-state index in [1.807, 2.05) is 12.1 Å². The molecule has 6 heteroatoms. The van der Waals surface area contributed by atoms with Crippen LogP contribution in [0.4, 0.5) is 4.39 Å². The Bertz CT molecular complexity index is 738. The predicted octanol–water partition coefficient (Wildman–Crippen LogP) is 3.43. The van der Waals surface area contributed by atoms with Gasteiger partial charge in [0.1, 0.15) is 11.9 Å². The first-order valence-electron chi connectivity index (χ1n) is 7.18. The molecule has 4 nitrogen and oxygen atoms in total. The molecule has 0 aliphatic carbocycles. The van der Waals surface area contributed by atoms with Gasteiger partial charge in [-0.3, -0.25) is 4.79 Å². The lowest BCUT2D eigenvalue weighted by molar-refractivity contribution is -0.133. The summed E-state index contributed by atoms with van der Waals surface area (Å²) in [6.07, 6.45) is -1.17. The molecule has 1 heterocycles. The van der Waals surface area contributed by atoms with Crippen LogP contribution in [0.15, 0.2) is 46.9 Å². The van der Waals surface area contributed by atoms with Gasteiger partial charge >= 0.3 is 0 Å². The van der Waals surface area contributed by atoms with Crippen molar-refractivity contribution in [1.82, 2.24) is 5.32 Å². The Labute approximate surface area is 141 Å². The zero-order valence-electron chi connectivity index (χ0n) is 12.4. The average molecular weight is 380 g/mol. The molecular formula is C17H15BrFNO3. The first-order valence-corrected chi connectivity index (χ1v) is 7.98. The van der Waals surface area contributed by atoms with Gasteiger partial charge in [-0.2, -0.15) is 0 Å². The molecule has 3 rings (SSSR count). The SMILES string of the molecule is CC1Oc2ccccc2OC1C(=O)NCc1cc(F)ccc1Br. The molecule has 1 aliphatic heterocycles. The van der Waals surface area contributed by atoms with Crippen molar-refractivity contribution in [3.8, 4) is 11.5 Å². The molecule has 0 saturated carbocycles. The number of ether oxygens (including phenoxy) is 2. The molecular weight excluding hydrogens is 365 g/mol. The van der Waals surface area contributed by atoms with E-state index in [4.69, 9.17) is 9.47 Å². The first-order chi connectivity index (χ1) is 11.0. The highest BCUT2D eigenvalue weighted by Gasteiger charge is 2.33. The Morgan fingerprint density at radius 2 is 1.91 bits per heavy atom. The number of hydrogen-bond donors (Lipinski definition) is 1. The summed E-state index contributed by atoms with van der Waals surface area (Å²) in [6.45, 7) is 1.98. The maximum atomic E-state index is 13.3. The van der Waals surface area contributed by atoms with Gasteiger partial charge in [0.15, 0.2) is 11.5 Å². The summed E-state index contributed by atoms with van der Waals surface area (Å²) in [5.41, 5.74) is 0.656. The molecule has 1 N–H and O–H groups in total. The molecule has 23 heavy (non-hydrogen) atoms. The number of halogens is 2. The highest BCUT2D eigenvalue weighted by molar-refractivity contribution is 9.10. The zero-order chi connectivity index (χ0) is 16.4. The molecule has 0 radical (unpaired) electrons. The predicted molar refractivity (Wildman–Crippen MR) is 86.9 cm³/mol. The van der Waals surface area contributed by atoms with Gasteiger partial charge < -0.3 is 14.8 Å². The zero-order valence-corrected chi connectivity index (χ0v) is 14.0. The summed E-state index contributed by atoms with van der Waals surface area (Å²) in [4.78, 5) is 12.4. The lowest BCUT2D eigenvalue weighted by Crippen LogP contribution is -2.48. The topological polar surface area (TPSA) is 47.6 Å². The summed E-state index contributed by atoms with van der Waals surface area (Å²) in [5, 5.41) is 2.76. The van der Waals surface area contributed by atoms with E-state index >= 15 is 0 Å². The van der Waals surface area contributed by atoms with Crippen LogP contribution in [-0.2, 0) is 11.3 Å². The number of nitrogens with one attached hydrogen (secondary N) is 1. The van der Waals surface area contributed by atoms with Crippen LogP contribution in [0.3, 0.4) is 0 Å². The fourth-order valence-corrected chi connectivity index (χ4v) is 2.75. The van der Waals surface area contributed by atoms with Gasteiger partial charge in [-0.15, -0.1) is 0 Å². The summed E-state index contributed by atoms with van der Waals surface area (Å²) in [5.74, 6) is 0.509. The standard InChI is InChI=1S/C17H15BrFNO3/c1-10-16(23-15-5-3-2-4-14(15)22-10)17(21)20-9-11-8-12(19)6-7-13(11)18/h2-8,10,16H,9H2,1H3,(H,20,21). The molecule has 2 unspecified atom stereocenters. The number of carbonyl (C=O) groups is 1. The molecule has 120 valence electrons. The van der Waals surface area contributed by atoms with Crippen LogP contribution in [0.25, 0.3) is 0 Å². The van der Waals surface area contributed by atoms with E-state index in [2.05, 4.69) is 21.2 Å². The third-order valence-corrected chi connectivity index (χ3v) is 4.34. The number of fused-ring (bicyclic) bond motifs is 1. The molecule has 1 amide bonds. The number of para-hydroxylation sites is 2. The summed E-state index contributed by atoms with van der Waals surface area (Å²) in [6, 6.07) is 11.5. The van der Waals surface area contributed by atoms with E-state index in [1.54, 1.807) is 25.1 Å². The summed E-state index contributed by atoms with van der Waals surface area (Å²) >= 11 is 3.34. The Morgan fingerprint density at radius 3 is 2.65 bits per heavy atom. The third-order valence-electron chi connectivity index (χ3n) is 3.56. The quantitative estimate of drug-likeness (QED) is 0.888. The highest BCUT2D eigenvalue weighted by Crippen LogP contribution is 2.33. The van der Waals surface area contributed by atoms with Crippen molar-refractivity contribution < 1.29 is 18.7 Å². The fourth-order valence-electron chi connectivity index (χ4n) is 2.37. The first kappa shape index (κ1) is 15.8. The van der Waals surface area contributed by atoms with Crippen LogP contribution in [0.5, 0.6) is 11.5 Å². The number of benzene rings is 2. The molecule has 2 aromatic carbocycles. The lowest BCUT2D eigenvalue weighted by Gasteiger charge is -2.31. The van der Waals surface area contributed by atoms with Gasteiger partial charge in [-0.05, 0) is 42.8 Å². The minimum atomic E-state index is -0.753. The summed E-state index contributed by atoms with van der Waals surface area (Å²) < 4.78 is 25.4. The Morgan fingerprint density at radius 1 is 1.22 bits per heavy atom. The smallest absolute Gasteiger partial charge is 0.265 e. The van der Waals surface area contributed by atoms with Crippen molar-refractivity contribution in [1.29, 1.82) is 0 Å². The van der Waals surface area contributed by atoms with Gasteiger partial charge in [0.25, 0.3) is 5.91 Å². The molecule has 0 saturated heterocycles. The molecule has 2 aromatic rings. The van der Waals surface area contributed by atoms with Crippen LogP contribution >= 0.6 is 15.9 Å². The Hall–Kier alpha value is -2.08. The van der Waals surface area contributed by atoms with E-state index in [9.17, 15) is 9.18 Å². The van der Waals surface area contributed by atoms with E-state index < -0.39 is 12.2 Å². The Kier molecular flexibility index (Phi) is 4.52. The van der Waals surface area contributed by atoms with Gasteiger partial charge in [0, 0.05) is 11.0 Å². The van der Waals surface area contributed by atoms with E-state index in [0.29, 0.717) is 17.1 Å². The molecule has 0 fully saturated rings. The van der Waals surface area contributed by atoms with Crippen LogP contribution in [0, 0.1) is 5.82 Å². The van der Waals surface area contributed by atoms with E-state index in [1.165, 1.54) is 12.1 Å². The second-order valence-corrected chi connectivity index (χ2v) is 6.12. The maximum absolute atomic E-state index is 13.3. The maximum Gasteiger partial charge on any atom is 0.265 e. The largest absolute Gasteiger partial charge is 0.482 e. The lowest BCUT2D eigenvalue weighted by atomic mass is 10.1. The van der Waals surface area contributed by atoms with E-state index in [0.717, 1.165) is 4.47 Å². The number of rotatable bonds is 3. The molecule has 0 spiro atoms. The number of hydrogen-bond acceptors (Lipinski definition) is 3. The normalized spacial score (nSPS) is 19.3. The second kappa shape index (κ2) is 6.58. The second-order valence-electron chi connectivity index (χ2n) is 5.26. The van der Waals surface area contributed by atoms with Crippen molar-refractivity contribution in [2.75, 3.05) is 0 Å². The van der Waals surface area contributed by atoms with Gasteiger partial charge in [0.2, 0.25) is 6.10 Å². The van der Waals surface area contributed by atoms with Crippen molar-refractivity contribution in [3.05, 3.63) is 58.3 Å². The van der Waals surface area contributed by atoms with Crippen LogP contribution in [0.2, 0.25) is 0 Å². The van der Waals surface area contributed by atoms with Crippen molar-refractivity contribution in [3.63, 3.8) is 0 Å². The third kappa shape index (κ3) is 3.47. The van der Waals surface area contributed by atoms with Crippen molar-refractivity contribution >= 4 is 21.8 Å². The molecule has 0 aromatic heterocycles. The highest BCUT2D eigenvalue weighted by atomic mass is 79.9. The molecule has 2 atom stereocenters. The van der Waals surface area contributed by atoms with Crippen LogP contribution in [-0.4, -0.2) is 18.1 Å². The van der Waals surface area contributed by atoms with Gasteiger partial charge in [-0.1, -0.05) is 28.1 Å². The fraction of sp³-hybridized carbons (Fsp3) is 0.235. The minimum absolute atomic E-state index is 0.200. The molecule has 1 aliphatic rings. The monoisotopic (exact) mass is 379 g/mol. The van der Waals surface area contributed by atoms with Gasteiger partial charge in [-0.25, -0.2) is 4.39 Å². The number of carbonyl (C=O) groups excluding carboxylic acids is 1. The van der Waals surface area contributed by atoms with Crippen LogP contribution in [0.1, 0.15) is 12.5 Å². The minimum Gasteiger partial charge on any atom is -0.482 e. The average Bonchev–Trinajstić information content (AvgIpc) is 2.54. The van der Waals surface area contributed by atoms with E-state index in [-0.39, 0.29) is 18.3 Å². The van der Waals surface area contributed by atoms with Gasteiger partial charge in [0.05, 0.1) is 0 Å². The summed E-state index contributed by atoms with van der Waals surface area (Å²) in [7, 11) is 0. The Balaban J connectivity index is 1.68. The van der Waals surface area contributed by atoms with Crippen molar-refractivity contribution in [2.24, 2.45) is 0 Å².